The lowest BCUT2D eigenvalue weighted by molar-refractivity contribution is 0.639. The van der Waals surface area contributed by atoms with Crippen LogP contribution >= 0.6 is 11.8 Å². The number of benzene rings is 1. The first kappa shape index (κ1) is 18.8. The number of rotatable bonds is 5. The van der Waals surface area contributed by atoms with Crippen LogP contribution in [0, 0.1) is 0 Å². The van der Waals surface area contributed by atoms with Gasteiger partial charge in [-0.3, -0.25) is 9.67 Å². The molecule has 0 radical (unpaired) electrons. The van der Waals surface area contributed by atoms with Crippen molar-refractivity contribution in [2.45, 2.75) is 10.8 Å². The minimum absolute atomic E-state index is 0.858. The Kier molecular flexibility index (Phi) is 5.18. The minimum Gasteiger partial charge on any atom is -0.352 e. The van der Waals surface area contributed by atoms with Gasteiger partial charge in [-0.2, -0.15) is 5.10 Å². The Labute approximate surface area is 179 Å². The maximum atomic E-state index is 4.83. The van der Waals surface area contributed by atoms with Crippen LogP contribution in [0.5, 0.6) is 0 Å². The van der Waals surface area contributed by atoms with Gasteiger partial charge >= 0.3 is 0 Å². The van der Waals surface area contributed by atoms with Crippen molar-refractivity contribution in [2.75, 3.05) is 36.0 Å². The highest BCUT2D eigenvalue weighted by atomic mass is 32.2. The van der Waals surface area contributed by atoms with Gasteiger partial charge in [-0.15, -0.1) is 11.8 Å². The van der Waals surface area contributed by atoms with Crippen molar-refractivity contribution in [3.8, 4) is 0 Å². The summed E-state index contributed by atoms with van der Waals surface area (Å²) in [5, 5.41) is 6.26. The summed E-state index contributed by atoms with van der Waals surface area (Å²) in [5.74, 6) is 2.77. The minimum atomic E-state index is 0.858. The Morgan fingerprint density at radius 1 is 0.933 bits per heavy atom. The van der Waals surface area contributed by atoms with E-state index in [2.05, 4.69) is 54.1 Å². The first-order valence-electron chi connectivity index (χ1n) is 9.89. The number of nitrogens with zero attached hydrogens (tertiary/aromatic N) is 8. The highest BCUT2D eigenvalue weighted by molar-refractivity contribution is 7.98. The number of thioether (sulfide) groups is 1. The Morgan fingerprint density at radius 2 is 1.73 bits per heavy atom. The lowest BCUT2D eigenvalue weighted by Gasteiger charge is -2.36. The Hall–Kier alpha value is -3.20. The number of hydrogen-bond donors (Lipinski definition) is 0. The third-order valence-corrected chi connectivity index (χ3v) is 6.21. The van der Waals surface area contributed by atoms with Crippen molar-refractivity contribution >= 4 is 34.4 Å². The zero-order chi connectivity index (χ0) is 20.3. The van der Waals surface area contributed by atoms with Crippen molar-refractivity contribution in [1.82, 2.24) is 29.7 Å². The van der Waals surface area contributed by atoms with Crippen LogP contribution < -0.4 is 9.80 Å². The Balaban J connectivity index is 1.25. The van der Waals surface area contributed by atoms with Crippen LogP contribution in [-0.2, 0) is 12.8 Å². The molecule has 8 nitrogen and oxygen atoms in total. The lowest BCUT2D eigenvalue weighted by atomic mass is 10.2. The number of aromatic nitrogens is 6. The highest BCUT2D eigenvalue weighted by Gasteiger charge is 2.22. The molecule has 0 amide bonds. The molecular weight excluding hydrogens is 396 g/mol. The second-order valence-electron chi connectivity index (χ2n) is 7.17. The number of hydrogen-bond acceptors (Lipinski definition) is 8. The predicted octanol–water partition coefficient (Wildman–Crippen LogP) is 2.77. The fourth-order valence-electron chi connectivity index (χ4n) is 3.64. The first-order valence-corrected chi connectivity index (χ1v) is 10.9. The standard InChI is InChI=1S/C21H22N8S/c1-27-20-17(11-25-27)21(24-15-23-20)29-9-7-28(8-10-29)18-12-22-13-19(26-18)30-14-16-5-3-2-4-6-16/h2-6,11-13,15H,7-10,14H2,1H3. The first-order chi connectivity index (χ1) is 14.8. The Bertz CT molecular complexity index is 1140. The summed E-state index contributed by atoms with van der Waals surface area (Å²) in [5.41, 5.74) is 2.14. The smallest absolute Gasteiger partial charge is 0.163 e. The fraction of sp³-hybridized carbons (Fsp3) is 0.286. The number of anilines is 2. The van der Waals surface area contributed by atoms with Gasteiger partial charge < -0.3 is 9.80 Å². The van der Waals surface area contributed by atoms with Gasteiger partial charge in [-0.05, 0) is 5.56 Å². The molecule has 0 atom stereocenters. The lowest BCUT2D eigenvalue weighted by Crippen LogP contribution is -2.47. The predicted molar refractivity (Wildman–Crippen MR) is 119 cm³/mol. The average molecular weight is 419 g/mol. The molecule has 0 N–H and O–H groups in total. The maximum absolute atomic E-state index is 4.83. The molecule has 0 bridgehead atoms. The van der Waals surface area contributed by atoms with E-state index >= 15 is 0 Å². The van der Waals surface area contributed by atoms with E-state index in [0.29, 0.717) is 0 Å². The van der Waals surface area contributed by atoms with Crippen LogP contribution in [0.25, 0.3) is 11.0 Å². The molecule has 4 heterocycles. The van der Waals surface area contributed by atoms with Gasteiger partial charge in [0, 0.05) is 39.0 Å². The van der Waals surface area contributed by atoms with E-state index in [1.165, 1.54) is 5.56 Å². The summed E-state index contributed by atoms with van der Waals surface area (Å²) in [6.07, 6.45) is 7.15. The third kappa shape index (κ3) is 3.80. The zero-order valence-corrected chi connectivity index (χ0v) is 17.5. The SMILES string of the molecule is Cn1ncc2c(N3CCN(c4cncc(SCc5ccccc5)n4)CC3)ncnc21. The van der Waals surface area contributed by atoms with Gasteiger partial charge in [-0.25, -0.2) is 15.0 Å². The molecule has 1 fully saturated rings. The molecule has 3 aromatic heterocycles. The third-order valence-electron chi connectivity index (χ3n) is 5.24. The monoisotopic (exact) mass is 418 g/mol. The zero-order valence-electron chi connectivity index (χ0n) is 16.7. The van der Waals surface area contributed by atoms with Crippen molar-refractivity contribution in [1.29, 1.82) is 0 Å². The average Bonchev–Trinajstić information content (AvgIpc) is 3.20. The number of fused-ring (bicyclic) bond motifs is 1. The van der Waals surface area contributed by atoms with E-state index in [1.54, 1.807) is 22.8 Å². The van der Waals surface area contributed by atoms with Crippen molar-refractivity contribution in [3.63, 3.8) is 0 Å². The van der Waals surface area contributed by atoms with Gasteiger partial charge in [0.15, 0.2) is 5.65 Å². The van der Waals surface area contributed by atoms with E-state index in [9.17, 15) is 0 Å². The van der Waals surface area contributed by atoms with E-state index in [-0.39, 0.29) is 0 Å². The van der Waals surface area contributed by atoms with Crippen molar-refractivity contribution in [2.24, 2.45) is 7.05 Å². The second-order valence-corrected chi connectivity index (χ2v) is 8.16. The summed E-state index contributed by atoms with van der Waals surface area (Å²) in [6, 6.07) is 10.4. The van der Waals surface area contributed by atoms with Crippen LogP contribution in [0.15, 0.2) is 60.3 Å². The van der Waals surface area contributed by atoms with Gasteiger partial charge in [0.2, 0.25) is 0 Å². The highest BCUT2D eigenvalue weighted by Crippen LogP contribution is 2.26. The summed E-state index contributed by atoms with van der Waals surface area (Å²) in [7, 11) is 1.90. The summed E-state index contributed by atoms with van der Waals surface area (Å²) < 4.78 is 1.78. The largest absolute Gasteiger partial charge is 0.352 e. The molecule has 0 aliphatic carbocycles. The summed E-state index contributed by atoms with van der Waals surface area (Å²) in [4.78, 5) is 22.7. The molecular formula is C21H22N8S. The maximum Gasteiger partial charge on any atom is 0.163 e. The molecule has 1 aliphatic heterocycles. The summed E-state index contributed by atoms with van der Waals surface area (Å²) >= 11 is 1.72. The summed E-state index contributed by atoms with van der Waals surface area (Å²) in [6.45, 7) is 3.47. The molecule has 1 aromatic carbocycles. The van der Waals surface area contributed by atoms with Crippen molar-refractivity contribution in [3.05, 3.63) is 60.8 Å². The molecule has 0 saturated carbocycles. The van der Waals surface area contributed by atoms with Crippen LogP contribution in [0.3, 0.4) is 0 Å². The topological polar surface area (TPSA) is 75.9 Å². The number of piperazine rings is 1. The molecule has 30 heavy (non-hydrogen) atoms. The van der Waals surface area contributed by atoms with Crippen molar-refractivity contribution < 1.29 is 0 Å². The molecule has 0 spiro atoms. The second kappa shape index (κ2) is 8.27. The van der Waals surface area contributed by atoms with Gasteiger partial charge in [0.25, 0.3) is 0 Å². The molecule has 0 unspecified atom stereocenters. The van der Waals surface area contributed by atoms with E-state index in [0.717, 1.165) is 59.6 Å². The normalized spacial score (nSPS) is 14.4. The van der Waals surface area contributed by atoms with Crippen LogP contribution in [-0.4, -0.2) is 55.9 Å². The molecule has 4 aromatic rings. The number of aryl methyl sites for hydroxylation is 1. The molecule has 1 aliphatic rings. The Morgan fingerprint density at radius 3 is 2.57 bits per heavy atom. The van der Waals surface area contributed by atoms with E-state index in [1.807, 2.05) is 31.7 Å². The van der Waals surface area contributed by atoms with Crippen LogP contribution in [0.1, 0.15) is 5.56 Å². The van der Waals surface area contributed by atoms with Gasteiger partial charge in [-0.1, -0.05) is 30.3 Å². The molecule has 5 rings (SSSR count). The quantitative estimate of drug-likeness (QED) is 0.458. The molecule has 1 saturated heterocycles. The van der Waals surface area contributed by atoms with Gasteiger partial charge in [0.05, 0.1) is 24.0 Å². The molecule has 9 heteroatoms. The fourth-order valence-corrected chi connectivity index (χ4v) is 4.44. The van der Waals surface area contributed by atoms with Crippen LogP contribution in [0.2, 0.25) is 0 Å². The van der Waals surface area contributed by atoms with E-state index in [4.69, 9.17) is 4.98 Å². The van der Waals surface area contributed by atoms with Gasteiger partial charge in [0.1, 0.15) is 23.0 Å². The van der Waals surface area contributed by atoms with Crippen LogP contribution in [0.4, 0.5) is 11.6 Å². The van der Waals surface area contributed by atoms with E-state index < -0.39 is 0 Å². The molecule has 152 valence electrons.